The van der Waals surface area contributed by atoms with Gasteiger partial charge in [-0.25, -0.2) is 0 Å². The smallest absolute Gasteiger partial charge is 0.120 e. The fraction of sp³-hybridized carbons (Fsp3) is 0.250. The highest BCUT2D eigenvalue weighted by Crippen LogP contribution is 2.29. The minimum absolute atomic E-state index is 0.229. The fourth-order valence-corrected chi connectivity index (χ4v) is 4.32. The first kappa shape index (κ1) is 22.0. The van der Waals surface area contributed by atoms with Crippen molar-refractivity contribution in [2.75, 3.05) is 12.3 Å². The van der Waals surface area contributed by atoms with Gasteiger partial charge in [-0.15, -0.1) is 11.8 Å². The summed E-state index contributed by atoms with van der Waals surface area (Å²) in [5.74, 6) is 1.80. The van der Waals surface area contributed by atoms with Crippen molar-refractivity contribution in [3.05, 3.63) is 93.5 Å². The van der Waals surface area contributed by atoms with Gasteiger partial charge in [0.1, 0.15) is 12.4 Å². The molecule has 1 unspecified atom stereocenters. The summed E-state index contributed by atoms with van der Waals surface area (Å²) in [7, 11) is 0. The van der Waals surface area contributed by atoms with Gasteiger partial charge in [0.25, 0.3) is 0 Å². The molecule has 1 N–H and O–H groups in total. The van der Waals surface area contributed by atoms with Crippen molar-refractivity contribution in [3.63, 3.8) is 0 Å². The number of aryl methyl sites for hydroxylation is 1. The maximum atomic E-state index is 6.22. The van der Waals surface area contributed by atoms with Gasteiger partial charge >= 0.3 is 0 Å². The van der Waals surface area contributed by atoms with E-state index in [1.165, 1.54) is 16.7 Å². The minimum atomic E-state index is 0.229. The maximum Gasteiger partial charge on any atom is 0.120 e. The average Bonchev–Trinajstić information content (AvgIpc) is 2.73. The summed E-state index contributed by atoms with van der Waals surface area (Å²) in [5.41, 5.74) is 3.66. The minimum Gasteiger partial charge on any atom is -0.489 e. The number of benzene rings is 3. The molecule has 0 aliphatic carbocycles. The molecule has 29 heavy (non-hydrogen) atoms. The molecule has 0 heterocycles. The number of rotatable bonds is 9. The highest BCUT2D eigenvalue weighted by molar-refractivity contribution is 7.99. The molecule has 0 saturated carbocycles. The summed E-state index contributed by atoms with van der Waals surface area (Å²) in [4.78, 5) is 1.01. The number of hydrogen-bond donors (Lipinski definition) is 1. The normalized spacial score (nSPS) is 12.0. The number of nitrogens with one attached hydrogen (secondary N) is 1. The molecular weight excluding hydrogens is 421 g/mol. The SMILES string of the molecule is Cc1ccccc1COc1cccc(C(C)NCCSc2cc(Cl)ccc2Cl)c1. The molecule has 5 heteroatoms. The van der Waals surface area contributed by atoms with Crippen molar-refractivity contribution in [2.24, 2.45) is 0 Å². The van der Waals surface area contributed by atoms with E-state index in [1.807, 2.05) is 42.5 Å². The van der Waals surface area contributed by atoms with E-state index in [0.717, 1.165) is 28.0 Å². The molecule has 3 aromatic carbocycles. The summed E-state index contributed by atoms with van der Waals surface area (Å²) in [6.45, 7) is 5.71. The lowest BCUT2D eigenvalue weighted by Gasteiger charge is -2.16. The Balaban J connectivity index is 1.49. The molecular formula is C24H25Cl2NOS. The van der Waals surface area contributed by atoms with Crippen molar-refractivity contribution < 1.29 is 4.74 Å². The summed E-state index contributed by atoms with van der Waals surface area (Å²) < 4.78 is 6.01. The topological polar surface area (TPSA) is 21.3 Å². The van der Waals surface area contributed by atoms with E-state index in [1.54, 1.807) is 11.8 Å². The standard InChI is InChI=1S/C24H25Cl2NOS/c1-17-6-3-4-7-20(17)16-28-22-9-5-8-19(14-22)18(2)27-12-13-29-24-15-21(25)10-11-23(24)26/h3-11,14-15,18,27H,12-13,16H2,1-2H3. The Labute approximate surface area is 187 Å². The van der Waals surface area contributed by atoms with E-state index in [0.29, 0.717) is 11.6 Å². The lowest BCUT2D eigenvalue weighted by atomic mass is 10.1. The summed E-state index contributed by atoms with van der Waals surface area (Å²) >= 11 is 14.0. The second-order valence-electron chi connectivity index (χ2n) is 6.89. The van der Waals surface area contributed by atoms with Gasteiger partial charge in [-0.05, 0) is 60.9 Å². The van der Waals surface area contributed by atoms with Crippen LogP contribution in [0, 0.1) is 6.92 Å². The third-order valence-electron chi connectivity index (χ3n) is 4.72. The van der Waals surface area contributed by atoms with Crippen LogP contribution in [0.25, 0.3) is 0 Å². The van der Waals surface area contributed by atoms with Crippen LogP contribution in [-0.2, 0) is 6.61 Å². The Kier molecular flexibility index (Phi) is 8.31. The third kappa shape index (κ3) is 6.68. The third-order valence-corrected chi connectivity index (χ3v) is 6.45. The average molecular weight is 446 g/mol. The van der Waals surface area contributed by atoms with Crippen LogP contribution in [0.1, 0.15) is 29.7 Å². The molecule has 2 nitrogen and oxygen atoms in total. The highest BCUT2D eigenvalue weighted by atomic mass is 35.5. The molecule has 3 aromatic rings. The molecule has 152 valence electrons. The van der Waals surface area contributed by atoms with Gasteiger partial charge < -0.3 is 10.1 Å². The van der Waals surface area contributed by atoms with Gasteiger partial charge in [0, 0.05) is 28.3 Å². The zero-order valence-electron chi connectivity index (χ0n) is 16.6. The van der Waals surface area contributed by atoms with Crippen molar-refractivity contribution in [1.29, 1.82) is 0 Å². The van der Waals surface area contributed by atoms with Crippen LogP contribution in [0.3, 0.4) is 0 Å². The molecule has 0 aliphatic rings. The first-order valence-corrected chi connectivity index (χ1v) is 11.4. The van der Waals surface area contributed by atoms with Crippen LogP contribution in [0.5, 0.6) is 5.75 Å². The summed E-state index contributed by atoms with van der Waals surface area (Å²) in [6.07, 6.45) is 0. The number of halogens is 2. The second-order valence-corrected chi connectivity index (χ2v) is 8.87. The van der Waals surface area contributed by atoms with Gasteiger partial charge in [-0.2, -0.15) is 0 Å². The predicted octanol–water partition coefficient (Wildman–Crippen LogP) is 7.32. The van der Waals surface area contributed by atoms with E-state index in [9.17, 15) is 0 Å². The molecule has 0 amide bonds. The van der Waals surface area contributed by atoms with Crippen LogP contribution in [-0.4, -0.2) is 12.3 Å². The van der Waals surface area contributed by atoms with E-state index in [-0.39, 0.29) is 6.04 Å². The Hall–Kier alpha value is -1.65. The van der Waals surface area contributed by atoms with Crippen molar-refractivity contribution >= 4 is 35.0 Å². The quantitative estimate of drug-likeness (QED) is 0.275. The zero-order chi connectivity index (χ0) is 20.6. The van der Waals surface area contributed by atoms with E-state index < -0.39 is 0 Å². The molecule has 0 spiro atoms. The lowest BCUT2D eigenvalue weighted by Crippen LogP contribution is -2.21. The molecule has 1 atom stereocenters. The van der Waals surface area contributed by atoms with Crippen LogP contribution in [0.2, 0.25) is 10.0 Å². The first-order valence-electron chi connectivity index (χ1n) is 9.61. The van der Waals surface area contributed by atoms with Gasteiger partial charge in [0.05, 0.1) is 5.02 Å². The van der Waals surface area contributed by atoms with Crippen LogP contribution >= 0.6 is 35.0 Å². The molecule has 3 rings (SSSR count). The van der Waals surface area contributed by atoms with E-state index in [4.69, 9.17) is 27.9 Å². The lowest BCUT2D eigenvalue weighted by molar-refractivity contribution is 0.305. The van der Waals surface area contributed by atoms with Crippen molar-refractivity contribution in [1.82, 2.24) is 5.32 Å². The predicted molar refractivity (Wildman–Crippen MR) is 126 cm³/mol. The van der Waals surface area contributed by atoms with Crippen LogP contribution < -0.4 is 10.1 Å². The Morgan fingerprint density at radius 3 is 2.66 bits per heavy atom. The van der Waals surface area contributed by atoms with E-state index in [2.05, 4.69) is 43.4 Å². The van der Waals surface area contributed by atoms with Crippen LogP contribution in [0.4, 0.5) is 0 Å². The van der Waals surface area contributed by atoms with Crippen molar-refractivity contribution in [2.45, 2.75) is 31.4 Å². The van der Waals surface area contributed by atoms with Gasteiger partial charge in [0.2, 0.25) is 0 Å². The van der Waals surface area contributed by atoms with Gasteiger partial charge in [-0.1, -0.05) is 59.6 Å². The first-order chi connectivity index (χ1) is 14.0. The zero-order valence-corrected chi connectivity index (χ0v) is 19.0. The van der Waals surface area contributed by atoms with Crippen molar-refractivity contribution in [3.8, 4) is 5.75 Å². The second kappa shape index (κ2) is 10.9. The molecule has 0 aromatic heterocycles. The fourth-order valence-electron chi connectivity index (χ4n) is 2.95. The molecule has 0 radical (unpaired) electrons. The van der Waals surface area contributed by atoms with Crippen LogP contribution in [0.15, 0.2) is 71.6 Å². The van der Waals surface area contributed by atoms with E-state index >= 15 is 0 Å². The molecule has 0 bridgehead atoms. The Morgan fingerprint density at radius 2 is 1.83 bits per heavy atom. The highest BCUT2D eigenvalue weighted by Gasteiger charge is 2.08. The molecule has 0 saturated heterocycles. The largest absolute Gasteiger partial charge is 0.489 e. The molecule has 0 fully saturated rings. The van der Waals surface area contributed by atoms with Gasteiger partial charge in [0.15, 0.2) is 0 Å². The monoisotopic (exact) mass is 445 g/mol. The maximum absolute atomic E-state index is 6.22. The Bertz CT molecular complexity index is 948. The number of hydrogen-bond acceptors (Lipinski definition) is 3. The molecule has 0 aliphatic heterocycles. The number of ether oxygens (including phenoxy) is 1. The number of thioether (sulfide) groups is 1. The Morgan fingerprint density at radius 1 is 1.00 bits per heavy atom. The summed E-state index contributed by atoms with van der Waals surface area (Å²) in [6, 6.07) is 22.4. The summed E-state index contributed by atoms with van der Waals surface area (Å²) in [5, 5.41) is 5.01. The van der Waals surface area contributed by atoms with Gasteiger partial charge in [-0.3, -0.25) is 0 Å².